The Hall–Kier alpha value is -1.13. The summed E-state index contributed by atoms with van der Waals surface area (Å²) >= 11 is 0. The number of carbonyl (C=O) groups is 1. The monoisotopic (exact) mass is 262 g/mol. The third-order valence-electron chi connectivity index (χ3n) is 5.85. The highest BCUT2D eigenvalue weighted by molar-refractivity contribution is 5.91. The van der Waals surface area contributed by atoms with Crippen LogP contribution in [-0.2, 0) is 14.3 Å². The summed E-state index contributed by atoms with van der Waals surface area (Å²) in [5.74, 6) is -0.281. The smallest absolute Gasteiger partial charge is 0.334 e. The second-order valence-corrected chi connectivity index (χ2v) is 6.66. The largest absolute Gasteiger partial charge is 0.455 e. The second kappa shape index (κ2) is 2.96. The highest BCUT2D eigenvalue weighted by Crippen LogP contribution is 2.71. The molecule has 4 nitrogen and oxygen atoms in total. The average molecular weight is 262 g/mol. The lowest BCUT2D eigenvalue weighted by atomic mass is 9.54. The van der Waals surface area contributed by atoms with Gasteiger partial charge in [0.25, 0.3) is 0 Å². The Kier molecular flexibility index (Phi) is 1.82. The molecule has 1 N–H and O–H groups in total. The first-order valence-electron chi connectivity index (χ1n) is 6.83. The van der Waals surface area contributed by atoms with E-state index >= 15 is 0 Å². The number of fused-ring (bicyclic) bond motifs is 1. The summed E-state index contributed by atoms with van der Waals surface area (Å²) < 4.78 is 11.6. The van der Waals surface area contributed by atoms with Crippen LogP contribution in [0, 0.1) is 11.3 Å². The van der Waals surface area contributed by atoms with Gasteiger partial charge in [0.05, 0.1) is 6.10 Å². The van der Waals surface area contributed by atoms with Gasteiger partial charge in [-0.2, -0.15) is 0 Å². The molecule has 2 aliphatic carbocycles. The van der Waals surface area contributed by atoms with Gasteiger partial charge in [0, 0.05) is 16.9 Å². The van der Waals surface area contributed by atoms with Crippen molar-refractivity contribution in [2.75, 3.05) is 0 Å². The lowest BCUT2D eigenvalue weighted by Crippen LogP contribution is -2.60. The third-order valence-corrected chi connectivity index (χ3v) is 5.85. The van der Waals surface area contributed by atoms with E-state index in [1.54, 1.807) is 0 Å². The van der Waals surface area contributed by atoms with E-state index in [2.05, 4.69) is 6.58 Å². The Morgan fingerprint density at radius 2 is 2.21 bits per heavy atom. The first kappa shape index (κ1) is 11.7. The maximum Gasteiger partial charge on any atom is 0.334 e. The highest BCUT2D eigenvalue weighted by atomic mass is 16.7. The van der Waals surface area contributed by atoms with Crippen LogP contribution >= 0.6 is 0 Å². The summed E-state index contributed by atoms with van der Waals surface area (Å²) in [6.07, 6.45) is 4.49. The van der Waals surface area contributed by atoms with Gasteiger partial charge in [-0.05, 0) is 19.8 Å². The van der Waals surface area contributed by atoms with Crippen LogP contribution in [-0.4, -0.2) is 34.5 Å². The van der Waals surface area contributed by atoms with Crippen LogP contribution in [0.4, 0.5) is 0 Å². The summed E-state index contributed by atoms with van der Waals surface area (Å²) in [5, 5.41) is 10.4. The maximum atomic E-state index is 11.8. The molecule has 0 aromatic heterocycles. The molecule has 2 aliphatic heterocycles. The summed E-state index contributed by atoms with van der Waals surface area (Å²) in [6, 6.07) is 0. The molecule has 0 aromatic rings. The van der Waals surface area contributed by atoms with E-state index in [0.717, 1.165) is 12.8 Å². The average Bonchev–Trinajstić information content (AvgIpc) is 2.90. The van der Waals surface area contributed by atoms with Gasteiger partial charge in [0.2, 0.25) is 0 Å². The first-order valence-corrected chi connectivity index (χ1v) is 6.83. The van der Waals surface area contributed by atoms with Gasteiger partial charge < -0.3 is 14.6 Å². The number of ether oxygens (including phenoxy) is 2. The zero-order valence-corrected chi connectivity index (χ0v) is 11.2. The van der Waals surface area contributed by atoms with E-state index in [4.69, 9.17) is 9.47 Å². The fraction of sp³-hybridized carbons (Fsp3) is 0.667. The normalized spacial score (nSPS) is 58.2. The minimum absolute atomic E-state index is 0.0288. The Morgan fingerprint density at radius 1 is 1.47 bits per heavy atom. The van der Waals surface area contributed by atoms with Crippen molar-refractivity contribution in [2.45, 2.75) is 50.1 Å². The molecule has 0 unspecified atom stereocenters. The van der Waals surface area contributed by atoms with E-state index in [0.29, 0.717) is 5.57 Å². The van der Waals surface area contributed by atoms with Crippen LogP contribution in [0.2, 0.25) is 0 Å². The van der Waals surface area contributed by atoms with Gasteiger partial charge in [0.1, 0.15) is 17.3 Å². The van der Waals surface area contributed by atoms with Crippen molar-refractivity contribution in [1.82, 2.24) is 0 Å². The minimum Gasteiger partial charge on any atom is -0.455 e. The number of aliphatic hydroxyl groups is 1. The molecule has 4 aliphatic rings. The molecule has 2 heterocycles. The van der Waals surface area contributed by atoms with Crippen LogP contribution in [0.5, 0.6) is 0 Å². The van der Waals surface area contributed by atoms with Gasteiger partial charge in [-0.25, -0.2) is 4.79 Å². The van der Waals surface area contributed by atoms with Crippen LogP contribution in [0.25, 0.3) is 0 Å². The predicted molar refractivity (Wildman–Crippen MR) is 67.2 cm³/mol. The molecular weight excluding hydrogens is 244 g/mol. The Morgan fingerprint density at radius 3 is 2.95 bits per heavy atom. The van der Waals surface area contributed by atoms with Gasteiger partial charge in [-0.3, -0.25) is 0 Å². The Balaban J connectivity index is 1.87. The lowest BCUT2D eigenvalue weighted by Gasteiger charge is -2.49. The Labute approximate surface area is 112 Å². The van der Waals surface area contributed by atoms with Crippen molar-refractivity contribution >= 4 is 5.97 Å². The van der Waals surface area contributed by atoms with Crippen LogP contribution in [0.1, 0.15) is 26.7 Å². The SMILES string of the molecule is C=C1C(=O)O[C@H]2[C@H]1CC[C@@]1(C)[C@@H](O)C=C[C@@]3(C)O[C@]231. The van der Waals surface area contributed by atoms with E-state index in [-0.39, 0.29) is 18.0 Å². The molecule has 0 aromatic carbocycles. The molecule has 3 fully saturated rings. The molecule has 0 amide bonds. The van der Waals surface area contributed by atoms with Crippen LogP contribution in [0.15, 0.2) is 24.3 Å². The first-order chi connectivity index (χ1) is 8.86. The summed E-state index contributed by atoms with van der Waals surface area (Å²) in [7, 11) is 0. The van der Waals surface area contributed by atoms with E-state index in [1.807, 2.05) is 26.0 Å². The van der Waals surface area contributed by atoms with Gasteiger partial charge in [-0.15, -0.1) is 0 Å². The molecule has 0 radical (unpaired) electrons. The maximum absolute atomic E-state index is 11.8. The zero-order valence-electron chi connectivity index (χ0n) is 11.2. The van der Waals surface area contributed by atoms with Crippen molar-refractivity contribution < 1.29 is 19.4 Å². The van der Waals surface area contributed by atoms with Crippen molar-refractivity contribution in [2.24, 2.45) is 11.3 Å². The quantitative estimate of drug-likeness (QED) is 0.310. The molecular formula is C15H18O4. The molecule has 4 rings (SSSR count). The minimum atomic E-state index is -0.591. The van der Waals surface area contributed by atoms with E-state index in [9.17, 15) is 9.90 Å². The predicted octanol–water partition coefficient (Wildman–Crippen LogP) is 1.34. The van der Waals surface area contributed by atoms with Crippen LogP contribution in [0.3, 0.4) is 0 Å². The van der Waals surface area contributed by atoms with Crippen molar-refractivity contribution in [1.29, 1.82) is 0 Å². The number of carbonyl (C=O) groups excluding carboxylic acids is 1. The van der Waals surface area contributed by atoms with Crippen molar-refractivity contribution in [3.8, 4) is 0 Å². The molecule has 19 heavy (non-hydrogen) atoms. The number of epoxide rings is 1. The number of aliphatic hydroxyl groups excluding tert-OH is 1. The third kappa shape index (κ3) is 1.01. The topological polar surface area (TPSA) is 59.1 Å². The fourth-order valence-electron chi connectivity index (χ4n) is 4.61. The summed E-state index contributed by atoms with van der Waals surface area (Å²) in [6.45, 7) is 7.90. The number of rotatable bonds is 0. The van der Waals surface area contributed by atoms with Gasteiger partial charge in [-0.1, -0.05) is 25.7 Å². The second-order valence-electron chi connectivity index (χ2n) is 6.66. The summed E-state index contributed by atoms with van der Waals surface area (Å²) in [4.78, 5) is 11.8. The Bertz CT molecular complexity index is 538. The fourth-order valence-corrected chi connectivity index (χ4v) is 4.61. The van der Waals surface area contributed by atoms with Gasteiger partial charge >= 0.3 is 5.97 Å². The van der Waals surface area contributed by atoms with Crippen LogP contribution < -0.4 is 0 Å². The molecule has 4 heteroatoms. The van der Waals surface area contributed by atoms with E-state index in [1.165, 1.54) is 0 Å². The molecule has 1 spiro atoms. The highest BCUT2D eigenvalue weighted by Gasteiger charge is 2.84. The zero-order chi connectivity index (χ0) is 13.6. The molecule has 0 bridgehead atoms. The number of esters is 1. The molecule has 102 valence electrons. The standard InChI is InChI=1S/C15H18O4/c1-8-9-4-6-13(2)10(16)5-7-14(3)15(13,19-14)11(9)18-12(8)17/h5,7,9-11,16H,1,4,6H2,2-3H3/t9-,10-,11-,13-,14+,15-/m0/s1. The van der Waals surface area contributed by atoms with Crippen molar-refractivity contribution in [3.05, 3.63) is 24.3 Å². The number of hydrogen-bond donors (Lipinski definition) is 1. The summed E-state index contributed by atoms with van der Waals surface area (Å²) in [5.41, 5.74) is -0.868. The number of hydrogen-bond acceptors (Lipinski definition) is 4. The van der Waals surface area contributed by atoms with Crippen molar-refractivity contribution in [3.63, 3.8) is 0 Å². The van der Waals surface area contributed by atoms with Gasteiger partial charge in [0.15, 0.2) is 0 Å². The molecule has 1 saturated carbocycles. The molecule has 2 saturated heterocycles. The lowest BCUT2D eigenvalue weighted by molar-refractivity contribution is -0.153. The molecule has 6 atom stereocenters. The van der Waals surface area contributed by atoms with E-state index < -0.39 is 22.7 Å².